The molecule has 4 N–H and O–H groups in total. The fourth-order valence-corrected chi connectivity index (χ4v) is 0.983. The highest BCUT2D eigenvalue weighted by molar-refractivity contribution is 5.73. The van der Waals surface area contributed by atoms with Gasteiger partial charge in [-0.05, 0) is 38.9 Å². The molecule has 1 atom stereocenters. The number of carbonyl (C=O) groups is 1. The van der Waals surface area contributed by atoms with Crippen LogP contribution in [0.5, 0.6) is 0 Å². The Morgan fingerprint density at radius 1 is 1.62 bits per heavy atom. The molecule has 0 spiro atoms. The fourth-order valence-electron chi connectivity index (χ4n) is 0.983. The molecule has 13 heavy (non-hydrogen) atoms. The maximum Gasteiger partial charge on any atom is 0.326 e. The van der Waals surface area contributed by atoms with Crippen molar-refractivity contribution in [3.05, 3.63) is 12.3 Å². The Balaban J connectivity index is 3.74. The summed E-state index contributed by atoms with van der Waals surface area (Å²) in [6.07, 6.45) is 5.77. The van der Waals surface area contributed by atoms with E-state index in [1.165, 1.54) is 0 Å². The smallest absolute Gasteiger partial charge is 0.326 e. The van der Waals surface area contributed by atoms with E-state index in [1.807, 2.05) is 6.92 Å². The molecule has 1 unspecified atom stereocenters. The summed E-state index contributed by atoms with van der Waals surface area (Å²) in [6, 6.07) is -0.484. The van der Waals surface area contributed by atoms with Gasteiger partial charge in [0, 0.05) is 0 Å². The highest BCUT2D eigenvalue weighted by atomic mass is 16.4. The van der Waals surface area contributed by atoms with E-state index in [9.17, 15) is 4.79 Å². The second-order valence-corrected chi connectivity index (χ2v) is 2.84. The Bertz CT molecular complexity index is 169. The topological polar surface area (TPSA) is 75.3 Å². The lowest BCUT2D eigenvalue weighted by atomic mass is 10.1. The van der Waals surface area contributed by atoms with Gasteiger partial charge in [0.25, 0.3) is 0 Å². The van der Waals surface area contributed by atoms with Crippen LogP contribution in [0.15, 0.2) is 12.3 Å². The number of nitrogens with two attached hydrogens (primary N) is 1. The van der Waals surface area contributed by atoms with Crippen LogP contribution in [-0.2, 0) is 4.79 Å². The molecular weight excluding hydrogens is 168 g/mol. The number of hydrogen-bond donors (Lipinski definition) is 3. The highest BCUT2D eigenvalue weighted by Gasteiger charge is 2.13. The molecular formula is C9H18N2O2. The third-order valence-corrected chi connectivity index (χ3v) is 1.71. The van der Waals surface area contributed by atoms with E-state index in [2.05, 4.69) is 5.32 Å². The van der Waals surface area contributed by atoms with Crippen LogP contribution in [0.2, 0.25) is 0 Å². The van der Waals surface area contributed by atoms with Crippen LogP contribution < -0.4 is 11.1 Å². The molecule has 0 radical (unpaired) electrons. The normalized spacial score (nSPS) is 13.1. The zero-order valence-electron chi connectivity index (χ0n) is 7.99. The molecule has 0 amide bonds. The van der Waals surface area contributed by atoms with Gasteiger partial charge in [-0.25, -0.2) is 4.79 Å². The predicted octanol–water partition coefficient (Wildman–Crippen LogP) is 0.692. The van der Waals surface area contributed by atoms with Crippen molar-refractivity contribution in [1.29, 1.82) is 0 Å². The minimum absolute atomic E-state index is 0.484. The van der Waals surface area contributed by atoms with E-state index in [4.69, 9.17) is 10.8 Å². The molecule has 0 bridgehead atoms. The van der Waals surface area contributed by atoms with E-state index >= 15 is 0 Å². The predicted molar refractivity (Wildman–Crippen MR) is 52.3 cm³/mol. The third kappa shape index (κ3) is 6.16. The van der Waals surface area contributed by atoms with Crippen molar-refractivity contribution in [2.45, 2.75) is 32.2 Å². The maximum absolute atomic E-state index is 10.7. The van der Waals surface area contributed by atoms with Gasteiger partial charge in [0.2, 0.25) is 0 Å². The van der Waals surface area contributed by atoms with Gasteiger partial charge >= 0.3 is 5.97 Å². The first kappa shape index (κ1) is 12.0. The number of aliphatic carboxylic acids is 1. The van der Waals surface area contributed by atoms with Crippen molar-refractivity contribution < 1.29 is 9.90 Å². The summed E-state index contributed by atoms with van der Waals surface area (Å²) in [4.78, 5) is 10.7. The SMILES string of the molecule is CC=CNC(CCCCN)C(=O)O. The van der Waals surface area contributed by atoms with Crippen LogP contribution in [0.25, 0.3) is 0 Å². The van der Waals surface area contributed by atoms with Gasteiger partial charge in [0.05, 0.1) is 0 Å². The first-order chi connectivity index (χ1) is 6.22. The van der Waals surface area contributed by atoms with Crippen LogP contribution in [0.4, 0.5) is 0 Å². The number of carboxylic acid groups (broad SMARTS) is 1. The molecule has 4 nitrogen and oxygen atoms in total. The van der Waals surface area contributed by atoms with Crippen LogP contribution >= 0.6 is 0 Å². The second kappa shape index (κ2) is 7.61. The summed E-state index contributed by atoms with van der Waals surface area (Å²) in [5.74, 6) is -0.810. The maximum atomic E-state index is 10.7. The molecule has 0 heterocycles. The molecule has 0 aromatic rings. The first-order valence-corrected chi connectivity index (χ1v) is 4.52. The minimum atomic E-state index is -0.810. The number of unbranched alkanes of at least 4 members (excludes halogenated alkanes) is 1. The molecule has 0 aromatic heterocycles. The number of nitrogens with one attached hydrogen (secondary N) is 1. The van der Waals surface area contributed by atoms with Crippen molar-refractivity contribution in [2.24, 2.45) is 5.73 Å². The number of carboxylic acids is 1. The van der Waals surface area contributed by atoms with E-state index in [0.29, 0.717) is 13.0 Å². The second-order valence-electron chi connectivity index (χ2n) is 2.84. The Morgan fingerprint density at radius 3 is 2.77 bits per heavy atom. The molecule has 0 saturated heterocycles. The van der Waals surface area contributed by atoms with Crippen molar-refractivity contribution in [1.82, 2.24) is 5.32 Å². The molecule has 0 aliphatic rings. The largest absolute Gasteiger partial charge is 0.480 e. The molecule has 0 fully saturated rings. The number of hydrogen-bond acceptors (Lipinski definition) is 3. The first-order valence-electron chi connectivity index (χ1n) is 4.52. The summed E-state index contributed by atoms with van der Waals surface area (Å²) in [7, 11) is 0. The van der Waals surface area contributed by atoms with Crippen molar-refractivity contribution in [3.63, 3.8) is 0 Å². The van der Waals surface area contributed by atoms with E-state index in [1.54, 1.807) is 12.3 Å². The summed E-state index contributed by atoms with van der Waals surface area (Å²) in [5, 5.41) is 11.6. The molecule has 0 saturated carbocycles. The number of allylic oxidation sites excluding steroid dienone is 1. The zero-order chi connectivity index (χ0) is 10.1. The highest BCUT2D eigenvalue weighted by Crippen LogP contribution is 2.00. The Labute approximate surface area is 78.8 Å². The van der Waals surface area contributed by atoms with Gasteiger partial charge in [-0.15, -0.1) is 0 Å². The van der Waals surface area contributed by atoms with Crippen LogP contribution in [0, 0.1) is 0 Å². The fraction of sp³-hybridized carbons (Fsp3) is 0.667. The van der Waals surface area contributed by atoms with Crippen molar-refractivity contribution in [2.75, 3.05) is 6.54 Å². The quantitative estimate of drug-likeness (QED) is 0.511. The van der Waals surface area contributed by atoms with Gasteiger partial charge in [-0.3, -0.25) is 0 Å². The lowest BCUT2D eigenvalue weighted by molar-refractivity contribution is -0.139. The van der Waals surface area contributed by atoms with Crippen LogP contribution in [0.1, 0.15) is 26.2 Å². The molecule has 4 heteroatoms. The molecule has 76 valence electrons. The lowest BCUT2D eigenvalue weighted by Crippen LogP contribution is -2.33. The molecule has 0 aromatic carbocycles. The molecule has 0 aliphatic heterocycles. The molecule has 0 rings (SSSR count). The third-order valence-electron chi connectivity index (χ3n) is 1.71. The zero-order valence-corrected chi connectivity index (χ0v) is 7.99. The summed E-state index contributed by atoms with van der Waals surface area (Å²) < 4.78 is 0. The van der Waals surface area contributed by atoms with Gasteiger partial charge in [0.15, 0.2) is 0 Å². The Morgan fingerprint density at radius 2 is 2.31 bits per heavy atom. The summed E-state index contributed by atoms with van der Waals surface area (Å²) in [5.41, 5.74) is 5.31. The van der Waals surface area contributed by atoms with Crippen molar-refractivity contribution in [3.8, 4) is 0 Å². The Kier molecular flexibility index (Phi) is 7.01. The monoisotopic (exact) mass is 186 g/mol. The van der Waals surface area contributed by atoms with E-state index < -0.39 is 12.0 Å². The number of rotatable bonds is 7. The van der Waals surface area contributed by atoms with Crippen molar-refractivity contribution >= 4 is 5.97 Å². The van der Waals surface area contributed by atoms with E-state index in [0.717, 1.165) is 12.8 Å². The van der Waals surface area contributed by atoms with Gasteiger partial charge in [-0.1, -0.05) is 6.08 Å². The van der Waals surface area contributed by atoms with Gasteiger partial charge in [0.1, 0.15) is 6.04 Å². The average molecular weight is 186 g/mol. The lowest BCUT2D eigenvalue weighted by Gasteiger charge is -2.11. The van der Waals surface area contributed by atoms with Gasteiger partial charge < -0.3 is 16.2 Å². The summed E-state index contributed by atoms with van der Waals surface area (Å²) in [6.45, 7) is 2.46. The minimum Gasteiger partial charge on any atom is -0.480 e. The summed E-state index contributed by atoms with van der Waals surface area (Å²) >= 11 is 0. The van der Waals surface area contributed by atoms with Crippen LogP contribution in [0.3, 0.4) is 0 Å². The average Bonchev–Trinajstić information content (AvgIpc) is 2.10. The van der Waals surface area contributed by atoms with E-state index in [-0.39, 0.29) is 0 Å². The van der Waals surface area contributed by atoms with Crippen LogP contribution in [-0.4, -0.2) is 23.7 Å². The molecule has 0 aliphatic carbocycles. The van der Waals surface area contributed by atoms with Gasteiger partial charge in [-0.2, -0.15) is 0 Å². The standard InChI is InChI=1S/C9H18N2O2/c1-2-7-11-8(9(12)13)5-3-4-6-10/h2,7-8,11H,3-6,10H2,1H3,(H,12,13). The Hall–Kier alpha value is -1.03.